The molecule has 0 saturated heterocycles. The number of rotatable bonds is 3. The molecule has 0 radical (unpaired) electrons. The molecule has 0 aliphatic carbocycles. The van der Waals surface area contributed by atoms with Crippen molar-refractivity contribution in [1.82, 2.24) is 19.9 Å². The van der Waals surface area contributed by atoms with Crippen molar-refractivity contribution in [3.05, 3.63) is 63.8 Å². The van der Waals surface area contributed by atoms with Crippen LogP contribution in [0.5, 0.6) is 0 Å². The summed E-state index contributed by atoms with van der Waals surface area (Å²) < 4.78 is 13.4. The van der Waals surface area contributed by atoms with E-state index in [0.29, 0.717) is 17.3 Å². The molecule has 4 nitrogen and oxygen atoms in total. The van der Waals surface area contributed by atoms with E-state index in [2.05, 4.69) is 14.9 Å². The Hall–Kier alpha value is -1.89. The summed E-state index contributed by atoms with van der Waals surface area (Å²) >= 11 is 7.70. The third-order valence-corrected chi connectivity index (χ3v) is 5.23. The van der Waals surface area contributed by atoms with Crippen LogP contribution in [-0.2, 0) is 19.5 Å². The second kappa shape index (κ2) is 6.55. The Kier molecular flexibility index (Phi) is 4.26. The smallest absolute Gasteiger partial charge is 0.169 e. The van der Waals surface area contributed by atoms with E-state index in [1.165, 1.54) is 6.07 Å². The van der Waals surface area contributed by atoms with E-state index >= 15 is 0 Å². The minimum absolute atomic E-state index is 0.353. The predicted molar refractivity (Wildman–Crippen MR) is 92.4 cm³/mol. The maximum atomic E-state index is 13.4. The van der Waals surface area contributed by atoms with Gasteiger partial charge in [0.05, 0.1) is 16.8 Å². The standard InChI is InChI=1S/C17H14ClFN4S/c18-16-11(6-13(19)8-20-16)9-23-4-3-14-12(10-23)7-21-17(22-14)15-2-1-5-24-15/h1-2,5-8H,3-4,9-10H2. The normalized spacial score (nSPS) is 14.6. The van der Waals surface area contributed by atoms with Gasteiger partial charge in [-0.15, -0.1) is 11.3 Å². The average Bonchev–Trinajstić information content (AvgIpc) is 3.12. The van der Waals surface area contributed by atoms with Crippen molar-refractivity contribution in [1.29, 1.82) is 0 Å². The number of thiophene rings is 1. The van der Waals surface area contributed by atoms with Gasteiger partial charge in [0.25, 0.3) is 0 Å². The summed E-state index contributed by atoms with van der Waals surface area (Å²) in [6, 6.07) is 5.48. The molecule has 0 spiro atoms. The highest BCUT2D eigenvalue weighted by atomic mass is 35.5. The van der Waals surface area contributed by atoms with Crippen molar-refractivity contribution in [2.24, 2.45) is 0 Å². The summed E-state index contributed by atoms with van der Waals surface area (Å²) in [5, 5.41) is 2.38. The third-order valence-electron chi connectivity index (χ3n) is 4.03. The molecule has 0 aromatic carbocycles. The minimum atomic E-state index is -0.365. The summed E-state index contributed by atoms with van der Waals surface area (Å²) in [5.41, 5.74) is 2.91. The molecule has 3 aromatic rings. The molecule has 0 saturated carbocycles. The molecular weight excluding hydrogens is 347 g/mol. The maximum Gasteiger partial charge on any atom is 0.169 e. The Bertz CT molecular complexity index is 869. The molecule has 122 valence electrons. The fraction of sp³-hybridized carbons (Fsp3) is 0.235. The monoisotopic (exact) mass is 360 g/mol. The molecule has 1 aliphatic heterocycles. The van der Waals surface area contributed by atoms with Crippen LogP contribution in [0, 0.1) is 5.82 Å². The maximum absolute atomic E-state index is 13.4. The van der Waals surface area contributed by atoms with E-state index in [9.17, 15) is 4.39 Å². The first-order valence-corrected chi connectivity index (χ1v) is 8.86. The van der Waals surface area contributed by atoms with Gasteiger partial charge < -0.3 is 0 Å². The Morgan fingerprint density at radius 2 is 2.21 bits per heavy atom. The summed E-state index contributed by atoms with van der Waals surface area (Å²) in [6.45, 7) is 2.14. The number of nitrogens with zero attached hydrogens (tertiary/aromatic N) is 4. The third kappa shape index (κ3) is 3.17. The molecule has 3 aromatic heterocycles. The minimum Gasteiger partial charge on any atom is -0.294 e. The Morgan fingerprint density at radius 1 is 1.29 bits per heavy atom. The molecule has 0 bridgehead atoms. The second-order valence-electron chi connectivity index (χ2n) is 5.71. The van der Waals surface area contributed by atoms with E-state index in [-0.39, 0.29) is 5.82 Å². The number of aromatic nitrogens is 3. The van der Waals surface area contributed by atoms with Gasteiger partial charge in [-0.05, 0) is 17.5 Å². The molecule has 24 heavy (non-hydrogen) atoms. The molecule has 0 amide bonds. The van der Waals surface area contributed by atoms with Crippen LogP contribution >= 0.6 is 22.9 Å². The van der Waals surface area contributed by atoms with Crippen molar-refractivity contribution in [2.45, 2.75) is 19.5 Å². The van der Waals surface area contributed by atoms with Crippen LogP contribution in [0.15, 0.2) is 36.0 Å². The lowest BCUT2D eigenvalue weighted by molar-refractivity contribution is 0.242. The molecule has 7 heteroatoms. The number of halogens is 2. The Morgan fingerprint density at radius 3 is 3.04 bits per heavy atom. The van der Waals surface area contributed by atoms with Gasteiger partial charge in [-0.25, -0.2) is 19.3 Å². The molecule has 4 heterocycles. The van der Waals surface area contributed by atoms with Gasteiger partial charge in [-0.1, -0.05) is 17.7 Å². The zero-order chi connectivity index (χ0) is 16.5. The fourth-order valence-corrected chi connectivity index (χ4v) is 3.68. The van der Waals surface area contributed by atoms with Gasteiger partial charge in [-0.3, -0.25) is 4.90 Å². The van der Waals surface area contributed by atoms with Crippen LogP contribution < -0.4 is 0 Å². The number of fused-ring (bicyclic) bond motifs is 1. The number of pyridine rings is 1. The van der Waals surface area contributed by atoms with Gasteiger partial charge in [0.1, 0.15) is 11.0 Å². The van der Waals surface area contributed by atoms with Gasteiger partial charge in [0, 0.05) is 43.4 Å². The number of hydrogen-bond donors (Lipinski definition) is 0. The number of hydrogen-bond acceptors (Lipinski definition) is 5. The molecule has 0 unspecified atom stereocenters. The van der Waals surface area contributed by atoms with E-state index in [1.807, 2.05) is 23.7 Å². The SMILES string of the molecule is Fc1cnc(Cl)c(CN2CCc3nc(-c4cccs4)ncc3C2)c1. The largest absolute Gasteiger partial charge is 0.294 e. The first-order valence-electron chi connectivity index (χ1n) is 7.60. The Balaban J connectivity index is 1.53. The topological polar surface area (TPSA) is 41.9 Å². The van der Waals surface area contributed by atoms with Gasteiger partial charge >= 0.3 is 0 Å². The quantitative estimate of drug-likeness (QED) is 0.663. The van der Waals surface area contributed by atoms with Gasteiger partial charge in [0.2, 0.25) is 0 Å². The highest BCUT2D eigenvalue weighted by Gasteiger charge is 2.20. The first-order chi connectivity index (χ1) is 11.7. The summed E-state index contributed by atoms with van der Waals surface area (Å²) in [4.78, 5) is 16.3. The van der Waals surface area contributed by atoms with Crippen LogP contribution in [0.4, 0.5) is 4.39 Å². The highest BCUT2D eigenvalue weighted by molar-refractivity contribution is 7.13. The molecule has 0 fully saturated rings. The van der Waals surface area contributed by atoms with Crippen molar-refractivity contribution >= 4 is 22.9 Å². The van der Waals surface area contributed by atoms with Gasteiger partial charge in [-0.2, -0.15) is 0 Å². The van der Waals surface area contributed by atoms with Crippen LogP contribution in [-0.4, -0.2) is 26.4 Å². The second-order valence-corrected chi connectivity index (χ2v) is 7.01. The fourth-order valence-electron chi connectivity index (χ4n) is 2.85. The lowest BCUT2D eigenvalue weighted by Gasteiger charge is -2.28. The van der Waals surface area contributed by atoms with E-state index in [0.717, 1.165) is 47.7 Å². The molecular formula is C17H14ClFN4S. The summed E-state index contributed by atoms with van der Waals surface area (Å²) in [7, 11) is 0. The van der Waals surface area contributed by atoms with Gasteiger partial charge in [0.15, 0.2) is 5.82 Å². The van der Waals surface area contributed by atoms with E-state index < -0.39 is 0 Å². The zero-order valence-electron chi connectivity index (χ0n) is 12.7. The van der Waals surface area contributed by atoms with Crippen molar-refractivity contribution < 1.29 is 4.39 Å². The highest BCUT2D eigenvalue weighted by Crippen LogP contribution is 2.25. The average molecular weight is 361 g/mol. The summed E-state index contributed by atoms with van der Waals surface area (Å²) in [5.74, 6) is 0.422. The van der Waals surface area contributed by atoms with E-state index in [4.69, 9.17) is 16.6 Å². The van der Waals surface area contributed by atoms with Crippen molar-refractivity contribution in [3.8, 4) is 10.7 Å². The van der Waals surface area contributed by atoms with Crippen LogP contribution in [0.25, 0.3) is 10.7 Å². The van der Waals surface area contributed by atoms with Crippen LogP contribution in [0.3, 0.4) is 0 Å². The Labute approximate surface area is 148 Å². The van der Waals surface area contributed by atoms with Crippen molar-refractivity contribution in [2.75, 3.05) is 6.54 Å². The lowest BCUT2D eigenvalue weighted by Crippen LogP contribution is -2.31. The molecule has 4 rings (SSSR count). The zero-order valence-corrected chi connectivity index (χ0v) is 14.3. The van der Waals surface area contributed by atoms with E-state index in [1.54, 1.807) is 11.3 Å². The van der Waals surface area contributed by atoms with Crippen LogP contribution in [0.1, 0.15) is 16.8 Å². The molecule has 0 N–H and O–H groups in total. The lowest BCUT2D eigenvalue weighted by atomic mass is 10.1. The first kappa shape index (κ1) is 15.6. The molecule has 1 aliphatic rings. The molecule has 0 atom stereocenters. The van der Waals surface area contributed by atoms with Crippen LogP contribution in [0.2, 0.25) is 5.15 Å². The summed E-state index contributed by atoms with van der Waals surface area (Å²) in [6.07, 6.45) is 3.88. The predicted octanol–water partition coefficient (Wildman–Crippen LogP) is 3.95. The van der Waals surface area contributed by atoms with Crippen molar-refractivity contribution in [3.63, 3.8) is 0 Å².